The van der Waals surface area contributed by atoms with Gasteiger partial charge in [-0.2, -0.15) is 0 Å². The molecule has 2 atom stereocenters. The number of nitrogens with one attached hydrogen (secondary N) is 1. The van der Waals surface area contributed by atoms with Gasteiger partial charge >= 0.3 is 5.97 Å². The van der Waals surface area contributed by atoms with Crippen molar-refractivity contribution >= 4 is 11.9 Å². The highest BCUT2D eigenvalue weighted by atomic mass is 16.5. The fourth-order valence-electron chi connectivity index (χ4n) is 1.48. The van der Waals surface area contributed by atoms with E-state index in [4.69, 9.17) is 5.73 Å². The maximum Gasteiger partial charge on any atom is 0.333 e. The van der Waals surface area contributed by atoms with Crippen molar-refractivity contribution in [1.82, 2.24) is 5.32 Å². The molecule has 5 heteroatoms. The van der Waals surface area contributed by atoms with Crippen molar-refractivity contribution in [3.63, 3.8) is 0 Å². The second-order valence-electron chi connectivity index (χ2n) is 3.89. The van der Waals surface area contributed by atoms with Gasteiger partial charge in [0.2, 0.25) is 5.91 Å². The molecule has 1 rings (SSSR count). The van der Waals surface area contributed by atoms with E-state index in [0.717, 1.165) is 0 Å². The first-order valence-corrected chi connectivity index (χ1v) is 5.78. The lowest BCUT2D eigenvalue weighted by Gasteiger charge is -2.18. The molecule has 18 heavy (non-hydrogen) atoms. The molecule has 1 amide bonds. The number of hydrogen-bond donors (Lipinski definition) is 2. The minimum absolute atomic E-state index is 0.364. The topological polar surface area (TPSA) is 81.4 Å². The number of carbonyl (C=O) groups is 2. The molecule has 0 saturated carbocycles. The smallest absolute Gasteiger partial charge is 0.333 e. The third kappa shape index (κ3) is 3.56. The summed E-state index contributed by atoms with van der Waals surface area (Å²) in [6.07, 6.45) is 0.508. The summed E-state index contributed by atoms with van der Waals surface area (Å²) >= 11 is 0. The van der Waals surface area contributed by atoms with E-state index in [2.05, 4.69) is 10.1 Å². The van der Waals surface area contributed by atoms with Crippen LogP contribution in [0.5, 0.6) is 0 Å². The Balaban J connectivity index is 2.87. The van der Waals surface area contributed by atoms with E-state index in [9.17, 15) is 9.59 Å². The molecule has 0 aliphatic heterocycles. The number of ether oxygens (including phenoxy) is 1. The Hall–Kier alpha value is -1.88. The number of nitrogens with two attached hydrogens (primary N) is 1. The van der Waals surface area contributed by atoms with Crippen LogP contribution in [0.1, 0.15) is 24.9 Å². The molecule has 0 spiro atoms. The maximum atomic E-state index is 11.7. The zero-order chi connectivity index (χ0) is 13.5. The van der Waals surface area contributed by atoms with Crippen LogP contribution < -0.4 is 11.1 Å². The van der Waals surface area contributed by atoms with E-state index in [0.29, 0.717) is 12.0 Å². The highest BCUT2D eigenvalue weighted by Crippen LogP contribution is 2.14. The Labute approximate surface area is 106 Å². The lowest BCUT2D eigenvalue weighted by atomic mass is 10.1. The van der Waals surface area contributed by atoms with Crippen LogP contribution in [0.4, 0.5) is 0 Å². The zero-order valence-corrected chi connectivity index (χ0v) is 10.6. The van der Waals surface area contributed by atoms with E-state index >= 15 is 0 Å². The van der Waals surface area contributed by atoms with Crippen molar-refractivity contribution < 1.29 is 14.3 Å². The summed E-state index contributed by atoms with van der Waals surface area (Å²) < 4.78 is 4.69. The molecule has 1 aromatic carbocycles. The summed E-state index contributed by atoms with van der Waals surface area (Å²) in [6.45, 7) is 1.81. The fourth-order valence-corrected chi connectivity index (χ4v) is 1.48. The summed E-state index contributed by atoms with van der Waals surface area (Å²) in [5.74, 6) is -0.880. The molecule has 0 radical (unpaired) electrons. The second kappa shape index (κ2) is 6.76. The molecular weight excluding hydrogens is 232 g/mol. The van der Waals surface area contributed by atoms with Crippen molar-refractivity contribution in [1.29, 1.82) is 0 Å². The van der Waals surface area contributed by atoms with E-state index in [1.807, 2.05) is 6.07 Å². The van der Waals surface area contributed by atoms with Crippen LogP contribution in [0.3, 0.4) is 0 Å². The van der Waals surface area contributed by atoms with Gasteiger partial charge in [-0.3, -0.25) is 4.79 Å². The summed E-state index contributed by atoms with van der Waals surface area (Å²) in [5, 5.41) is 2.60. The molecule has 0 aliphatic carbocycles. The van der Waals surface area contributed by atoms with Crippen molar-refractivity contribution in [2.45, 2.75) is 25.4 Å². The van der Waals surface area contributed by atoms with Gasteiger partial charge in [-0.1, -0.05) is 37.3 Å². The third-order valence-electron chi connectivity index (χ3n) is 2.63. The SMILES string of the molecule is CCC(N)C(=O)N[C@H](C(=O)OC)c1ccccc1. The average Bonchev–Trinajstić information content (AvgIpc) is 2.43. The molecular formula is C13H18N2O3. The van der Waals surface area contributed by atoms with Crippen molar-refractivity contribution in [2.24, 2.45) is 5.73 Å². The first-order valence-electron chi connectivity index (χ1n) is 5.78. The Morgan fingerprint density at radius 3 is 2.44 bits per heavy atom. The lowest BCUT2D eigenvalue weighted by molar-refractivity contribution is -0.145. The van der Waals surface area contributed by atoms with Crippen LogP contribution in [-0.2, 0) is 14.3 Å². The van der Waals surface area contributed by atoms with Gasteiger partial charge in [-0.25, -0.2) is 4.79 Å². The van der Waals surface area contributed by atoms with E-state index in [1.54, 1.807) is 31.2 Å². The number of amides is 1. The first-order chi connectivity index (χ1) is 8.60. The van der Waals surface area contributed by atoms with Crippen molar-refractivity contribution in [3.8, 4) is 0 Å². The molecule has 3 N–H and O–H groups in total. The highest BCUT2D eigenvalue weighted by Gasteiger charge is 2.25. The molecule has 1 unspecified atom stereocenters. The molecule has 0 bridgehead atoms. The van der Waals surface area contributed by atoms with Gasteiger partial charge in [-0.05, 0) is 12.0 Å². The van der Waals surface area contributed by atoms with E-state index < -0.39 is 18.1 Å². The Kier molecular flexibility index (Phi) is 5.32. The van der Waals surface area contributed by atoms with Gasteiger partial charge in [0.25, 0.3) is 0 Å². The zero-order valence-electron chi connectivity index (χ0n) is 10.6. The number of carbonyl (C=O) groups excluding carboxylic acids is 2. The Bertz CT molecular complexity index is 406. The molecule has 0 heterocycles. The fraction of sp³-hybridized carbons (Fsp3) is 0.385. The van der Waals surface area contributed by atoms with Gasteiger partial charge < -0.3 is 15.8 Å². The number of methoxy groups -OCH3 is 1. The minimum Gasteiger partial charge on any atom is -0.467 e. The third-order valence-corrected chi connectivity index (χ3v) is 2.63. The number of esters is 1. The van der Waals surface area contributed by atoms with Crippen molar-refractivity contribution in [3.05, 3.63) is 35.9 Å². The molecule has 0 aliphatic rings. The summed E-state index contributed by atoms with van der Waals surface area (Å²) in [5.41, 5.74) is 6.29. The Morgan fingerprint density at radius 1 is 1.33 bits per heavy atom. The monoisotopic (exact) mass is 250 g/mol. The highest BCUT2D eigenvalue weighted by molar-refractivity contribution is 5.88. The van der Waals surface area contributed by atoms with Crippen LogP contribution in [0.15, 0.2) is 30.3 Å². The first kappa shape index (κ1) is 14.2. The summed E-state index contributed by atoms with van der Waals surface area (Å²) in [6, 6.07) is 7.46. The van der Waals surface area contributed by atoms with Gasteiger partial charge in [0.15, 0.2) is 6.04 Å². The van der Waals surface area contributed by atoms with Crippen LogP contribution in [-0.4, -0.2) is 25.0 Å². The van der Waals surface area contributed by atoms with E-state index in [-0.39, 0.29) is 5.91 Å². The predicted molar refractivity (Wildman–Crippen MR) is 67.6 cm³/mol. The molecule has 0 aromatic heterocycles. The van der Waals surface area contributed by atoms with Crippen LogP contribution in [0.2, 0.25) is 0 Å². The standard InChI is InChI=1S/C13H18N2O3/c1-3-10(14)12(16)15-11(13(17)18-2)9-7-5-4-6-8-9/h4-8,10-11H,3,14H2,1-2H3,(H,15,16)/t10?,11-/m0/s1. The van der Waals surface area contributed by atoms with Crippen LogP contribution in [0.25, 0.3) is 0 Å². The maximum absolute atomic E-state index is 11.7. The van der Waals surface area contributed by atoms with Crippen molar-refractivity contribution in [2.75, 3.05) is 7.11 Å². The van der Waals surface area contributed by atoms with Gasteiger partial charge in [0.05, 0.1) is 13.2 Å². The quantitative estimate of drug-likeness (QED) is 0.756. The van der Waals surface area contributed by atoms with Crippen LogP contribution >= 0.6 is 0 Å². The second-order valence-corrected chi connectivity index (χ2v) is 3.89. The number of rotatable bonds is 5. The normalized spacial score (nSPS) is 13.5. The van der Waals surface area contributed by atoms with Crippen LogP contribution in [0, 0.1) is 0 Å². The largest absolute Gasteiger partial charge is 0.467 e. The molecule has 1 aromatic rings. The number of benzene rings is 1. The summed E-state index contributed by atoms with van der Waals surface area (Å²) in [7, 11) is 1.28. The van der Waals surface area contributed by atoms with Gasteiger partial charge in [0, 0.05) is 0 Å². The average molecular weight is 250 g/mol. The van der Waals surface area contributed by atoms with E-state index in [1.165, 1.54) is 7.11 Å². The minimum atomic E-state index is -0.818. The Morgan fingerprint density at radius 2 is 1.94 bits per heavy atom. The van der Waals surface area contributed by atoms with Gasteiger partial charge in [-0.15, -0.1) is 0 Å². The van der Waals surface area contributed by atoms with Gasteiger partial charge in [0.1, 0.15) is 0 Å². The molecule has 0 fully saturated rings. The summed E-state index contributed by atoms with van der Waals surface area (Å²) in [4.78, 5) is 23.4. The predicted octanol–water partition coefficient (Wildman–Crippen LogP) is 0.754. The molecule has 98 valence electrons. The molecule has 0 saturated heterocycles. The molecule has 5 nitrogen and oxygen atoms in total. The lowest BCUT2D eigenvalue weighted by Crippen LogP contribution is -2.44. The number of hydrogen-bond acceptors (Lipinski definition) is 4.